The lowest BCUT2D eigenvalue weighted by Gasteiger charge is -2.30. The largest absolute Gasteiger partial charge is 0.368 e. The molecule has 4 atom stereocenters. The standard InChI is InChI=1S/C27H39NO2/c1-4-22-8-12-25(13-9-22)19-28-27(29)26-18-24(14-15-30-26)11-10-23-7-5-6-20(2)16-21(3)17-23/h5,7-9,12-13,20,23-24,26H,3-4,6,10-11,14-19H2,1-2H3,(H,28,29)/b7-5+/t20-,23+,24?,26+/m1/s1. The second-order valence-corrected chi connectivity index (χ2v) is 9.40. The van der Waals surface area contributed by atoms with E-state index in [2.05, 4.69) is 62.2 Å². The van der Waals surface area contributed by atoms with Crippen LogP contribution in [0, 0.1) is 17.8 Å². The van der Waals surface area contributed by atoms with Crippen molar-refractivity contribution in [1.82, 2.24) is 5.32 Å². The van der Waals surface area contributed by atoms with E-state index in [1.54, 1.807) is 0 Å². The average molecular weight is 410 g/mol. The number of hydrogen-bond donors (Lipinski definition) is 1. The third-order valence-electron chi connectivity index (χ3n) is 6.66. The molecule has 1 amide bonds. The zero-order valence-corrected chi connectivity index (χ0v) is 18.9. The van der Waals surface area contributed by atoms with Crippen molar-refractivity contribution >= 4 is 5.91 Å². The lowest BCUT2D eigenvalue weighted by molar-refractivity contribution is -0.137. The van der Waals surface area contributed by atoms with E-state index in [-0.39, 0.29) is 12.0 Å². The van der Waals surface area contributed by atoms with Crippen LogP contribution in [0.4, 0.5) is 0 Å². The summed E-state index contributed by atoms with van der Waals surface area (Å²) in [5.41, 5.74) is 3.85. The Hall–Kier alpha value is -1.87. The van der Waals surface area contributed by atoms with E-state index < -0.39 is 0 Å². The minimum Gasteiger partial charge on any atom is -0.368 e. The van der Waals surface area contributed by atoms with Gasteiger partial charge in [-0.25, -0.2) is 0 Å². The molecule has 3 nitrogen and oxygen atoms in total. The minimum atomic E-state index is -0.303. The number of benzene rings is 1. The summed E-state index contributed by atoms with van der Waals surface area (Å²) in [6.07, 6.45) is 13.2. The van der Waals surface area contributed by atoms with E-state index in [1.807, 2.05) is 0 Å². The Morgan fingerprint density at radius 1 is 1.17 bits per heavy atom. The predicted molar refractivity (Wildman–Crippen MR) is 124 cm³/mol. The summed E-state index contributed by atoms with van der Waals surface area (Å²) in [4.78, 5) is 12.6. The van der Waals surface area contributed by atoms with Crippen molar-refractivity contribution in [3.8, 4) is 0 Å². The lowest BCUT2D eigenvalue weighted by Crippen LogP contribution is -2.40. The number of nitrogens with one attached hydrogen (secondary N) is 1. The Balaban J connectivity index is 1.43. The molecule has 1 aromatic carbocycles. The number of allylic oxidation sites excluding steroid dienone is 3. The fourth-order valence-corrected chi connectivity index (χ4v) is 4.76. The second-order valence-electron chi connectivity index (χ2n) is 9.40. The molecule has 1 fully saturated rings. The van der Waals surface area contributed by atoms with Gasteiger partial charge in [0, 0.05) is 13.2 Å². The number of rotatable bonds is 7. The molecular formula is C27H39NO2. The molecule has 1 aromatic rings. The Labute approximate surface area is 183 Å². The monoisotopic (exact) mass is 409 g/mol. The fourth-order valence-electron chi connectivity index (χ4n) is 4.76. The summed E-state index contributed by atoms with van der Waals surface area (Å²) in [5.74, 6) is 1.93. The summed E-state index contributed by atoms with van der Waals surface area (Å²) in [6.45, 7) is 10.0. The molecule has 1 aliphatic heterocycles. The molecule has 0 radical (unpaired) electrons. The maximum Gasteiger partial charge on any atom is 0.249 e. The third kappa shape index (κ3) is 7.12. The molecule has 30 heavy (non-hydrogen) atoms. The first kappa shape index (κ1) is 22.8. The molecule has 1 N–H and O–H groups in total. The predicted octanol–water partition coefficient (Wildman–Crippen LogP) is 5.99. The molecule has 0 aromatic heterocycles. The zero-order chi connectivity index (χ0) is 21.3. The number of aryl methyl sites for hydroxylation is 1. The van der Waals surface area contributed by atoms with Gasteiger partial charge in [-0.2, -0.15) is 0 Å². The van der Waals surface area contributed by atoms with Crippen LogP contribution in [-0.4, -0.2) is 18.6 Å². The molecule has 3 heteroatoms. The summed E-state index contributed by atoms with van der Waals surface area (Å²) in [7, 11) is 0. The molecule has 0 spiro atoms. The van der Waals surface area contributed by atoms with Gasteiger partial charge in [0.2, 0.25) is 5.91 Å². The number of ether oxygens (including phenoxy) is 1. The van der Waals surface area contributed by atoms with Gasteiger partial charge in [-0.1, -0.05) is 62.4 Å². The van der Waals surface area contributed by atoms with Crippen molar-refractivity contribution in [1.29, 1.82) is 0 Å². The van der Waals surface area contributed by atoms with Crippen LogP contribution in [-0.2, 0) is 22.5 Å². The summed E-state index contributed by atoms with van der Waals surface area (Å²) in [6, 6.07) is 8.46. The highest BCUT2D eigenvalue weighted by atomic mass is 16.5. The molecular weight excluding hydrogens is 370 g/mol. The van der Waals surface area contributed by atoms with Crippen LogP contribution in [0.25, 0.3) is 0 Å². The van der Waals surface area contributed by atoms with Crippen molar-refractivity contribution in [3.63, 3.8) is 0 Å². The van der Waals surface area contributed by atoms with Crippen LogP contribution in [0.3, 0.4) is 0 Å². The van der Waals surface area contributed by atoms with Crippen molar-refractivity contribution in [2.45, 2.75) is 77.9 Å². The van der Waals surface area contributed by atoms with Gasteiger partial charge in [0.25, 0.3) is 0 Å². The van der Waals surface area contributed by atoms with Gasteiger partial charge >= 0.3 is 0 Å². The maximum atomic E-state index is 12.6. The molecule has 0 saturated carbocycles. The van der Waals surface area contributed by atoms with Gasteiger partial charge < -0.3 is 10.1 Å². The Morgan fingerprint density at radius 3 is 2.70 bits per heavy atom. The lowest BCUT2D eigenvalue weighted by atomic mass is 9.83. The van der Waals surface area contributed by atoms with E-state index in [1.165, 1.54) is 24.0 Å². The van der Waals surface area contributed by atoms with Crippen LogP contribution in [0.2, 0.25) is 0 Å². The van der Waals surface area contributed by atoms with Gasteiger partial charge in [-0.05, 0) is 80.2 Å². The summed E-state index contributed by atoms with van der Waals surface area (Å²) >= 11 is 0. The Bertz CT molecular complexity index is 721. The molecule has 3 rings (SSSR count). The highest BCUT2D eigenvalue weighted by molar-refractivity contribution is 5.80. The van der Waals surface area contributed by atoms with Gasteiger partial charge in [-0.3, -0.25) is 4.79 Å². The van der Waals surface area contributed by atoms with E-state index in [0.29, 0.717) is 30.9 Å². The number of amides is 1. The minimum absolute atomic E-state index is 0.0347. The van der Waals surface area contributed by atoms with E-state index >= 15 is 0 Å². The molecule has 0 bridgehead atoms. The van der Waals surface area contributed by atoms with Gasteiger partial charge in [0.1, 0.15) is 6.10 Å². The summed E-state index contributed by atoms with van der Waals surface area (Å²) in [5, 5.41) is 3.07. The van der Waals surface area contributed by atoms with Gasteiger partial charge in [-0.15, -0.1) is 0 Å². The summed E-state index contributed by atoms with van der Waals surface area (Å²) < 4.78 is 5.81. The van der Waals surface area contributed by atoms with E-state index in [9.17, 15) is 4.79 Å². The average Bonchev–Trinajstić information content (AvgIpc) is 2.75. The van der Waals surface area contributed by atoms with Gasteiger partial charge in [0.05, 0.1) is 0 Å². The number of carbonyl (C=O) groups excluding carboxylic acids is 1. The van der Waals surface area contributed by atoms with E-state index in [0.717, 1.165) is 44.1 Å². The molecule has 1 saturated heterocycles. The molecule has 2 aliphatic rings. The topological polar surface area (TPSA) is 38.3 Å². The molecule has 1 aliphatic carbocycles. The van der Waals surface area contributed by atoms with Crippen molar-refractivity contribution in [2.24, 2.45) is 17.8 Å². The Kier molecular flexibility index (Phi) is 8.74. The van der Waals surface area contributed by atoms with Crippen LogP contribution in [0.5, 0.6) is 0 Å². The van der Waals surface area contributed by atoms with Crippen LogP contribution < -0.4 is 5.32 Å². The first-order valence-corrected chi connectivity index (χ1v) is 11.8. The van der Waals surface area contributed by atoms with Crippen LogP contribution >= 0.6 is 0 Å². The SMILES string of the molecule is C=C1C[C@H](C)C/C=C/[C@@H](CCC2CCO[C@H](C(=O)NCc3ccc(CC)cc3)C2)C1. The molecule has 1 unspecified atom stereocenters. The first-order valence-electron chi connectivity index (χ1n) is 11.8. The number of hydrogen-bond acceptors (Lipinski definition) is 2. The van der Waals surface area contributed by atoms with Crippen LogP contribution in [0.15, 0.2) is 48.6 Å². The van der Waals surface area contributed by atoms with Crippen molar-refractivity contribution in [3.05, 3.63) is 59.7 Å². The van der Waals surface area contributed by atoms with Gasteiger partial charge in [0.15, 0.2) is 0 Å². The quantitative estimate of drug-likeness (QED) is 0.562. The van der Waals surface area contributed by atoms with Crippen molar-refractivity contribution < 1.29 is 9.53 Å². The maximum absolute atomic E-state index is 12.6. The van der Waals surface area contributed by atoms with Crippen LogP contribution in [0.1, 0.15) is 69.9 Å². The molecule has 164 valence electrons. The smallest absolute Gasteiger partial charge is 0.249 e. The molecule has 1 heterocycles. The highest BCUT2D eigenvalue weighted by Gasteiger charge is 2.28. The Morgan fingerprint density at radius 2 is 1.93 bits per heavy atom. The second kappa shape index (κ2) is 11.5. The fraction of sp³-hybridized carbons (Fsp3) is 0.593. The normalized spacial score (nSPS) is 28.4. The zero-order valence-electron chi connectivity index (χ0n) is 18.9. The first-order chi connectivity index (χ1) is 14.5. The highest BCUT2D eigenvalue weighted by Crippen LogP contribution is 2.31. The number of carbonyl (C=O) groups is 1. The third-order valence-corrected chi connectivity index (χ3v) is 6.66. The van der Waals surface area contributed by atoms with E-state index in [4.69, 9.17) is 4.74 Å². The van der Waals surface area contributed by atoms with Crippen molar-refractivity contribution in [2.75, 3.05) is 6.61 Å².